The van der Waals surface area contributed by atoms with Crippen molar-refractivity contribution in [2.45, 2.75) is 6.10 Å². The molecule has 5 heteroatoms. The van der Waals surface area contributed by atoms with Crippen molar-refractivity contribution in [2.24, 2.45) is 0 Å². The molecule has 0 aliphatic carbocycles. The van der Waals surface area contributed by atoms with Crippen molar-refractivity contribution in [3.63, 3.8) is 0 Å². The van der Waals surface area contributed by atoms with Gasteiger partial charge in [0.25, 0.3) is 0 Å². The lowest BCUT2D eigenvalue weighted by Gasteiger charge is -2.17. The van der Waals surface area contributed by atoms with Crippen molar-refractivity contribution >= 4 is 11.7 Å². The predicted molar refractivity (Wildman–Crippen MR) is 65.2 cm³/mol. The van der Waals surface area contributed by atoms with E-state index in [1.165, 1.54) is 0 Å². The highest BCUT2D eigenvalue weighted by Crippen LogP contribution is 2.22. The van der Waals surface area contributed by atoms with Crippen LogP contribution in [0.1, 0.15) is 5.56 Å². The molecule has 3 rings (SSSR count). The number of benzene rings is 1. The largest absolute Gasteiger partial charge is 0.371 e. The zero-order valence-corrected chi connectivity index (χ0v) is 9.87. The summed E-state index contributed by atoms with van der Waals surface area (Å²) in [5, 5.41) is 8.74. The summed E-state index contributed by atoms with van der Waals surface area (Å²) < 4.78 is 5.14. The Balaban J connectivity index is 1.72. The minimum absolute atomic E-state index is 0.0233. The van der Waals surface area contributed by atoms with Crippen LogP contribution in [0.4, 0.5) is 10.5 Å². The highest BCUT2D eigenvalue weighted by Gasteiger charge is 2.34. The first-order valence-corrected chi connectivity index (χ1v) is 5.96. The van der Waals surface area contributed by atoms with Crippen molar-refractivity contribution in [2.75, 3.05) is 31.1 Å². The molecule has 2 saturated heterocycles. The van der Waals surface area contributed by atoms with Crippen LogP contribution in [0.3, 0.4) is 0 Å². The van der Waals surface area contributed by atoms with Crippen LogP contribution >= 0.6 is 0 Å². The summed E-state index contributed by atoms with van der Waals surface area (Å²) in [5.74, 6) is 0. The minimum atomic E-state index is 0.0233. The third-order valence-corrected chi connectivity index (χ3v) is 3.23. The maximum absolute atomic E-state index is 12.2. The van der Waals surface area contributed by atoms with Gasteiger partial charge in [0.05, 0.1) is 30.9 Å². The molecule has 2 aliphatic rings. The molecule has 5 nitrogen and oxygen atoms in total. The normalized spacial score (nSPS) is 22.2. The summed E-state index contributed by atoms with van der Waals surface area (Å²) in [7, 11) is 0. The molecular weight excluding hydrogens is 230 g/mol. The number of hydrogen-bond donors (Lipinski definition) is 0. The Kier molecular flexibility index (Phi) is 2.65. The Labute approximate surface area is 105 Å². The van der Waals surface area contributed by atoms with Gasteiger partial charge in [-0.3, -0.25) is 4.90 Å². The number of anilines is 1. The van der Waals surface area contributed by atoms with E-state index >= 15 is 0 Å². The first-order chi connectivity index (χ1) is 8.78. The van der Waals surface area contributed by atoms with Crippen molar-refractivity contribution in [1.82, 2.24) is 4.90 Å². The topological polar surface area (TPSA) is 59.9 Å². The summed E-state index contributed by atoms with van der Waals surface area (Å²) in [6.07, 6.45) is 0.231. The van der Waals surface area contributed by atoms with Crippen LogP contribution in [-0.2, 0) is 4.74 Å². The van der Waals surface area contributed by atoms with E-state index in [9.17, 15) is 4.79 Å². The fraction of sp³-hybridized carbons (Fsp3) is 0.385. The molecule has 18 heavy (non-hydrogen) atoms. The zero-order valence-electron chi connectivity index (χ0n) is 9.87. The van der Waals surface area contributed by atoms with E-state index in [2.05, 4.69) is 6.07 Å². The second-order valence-corrected chi connectivity index (χ2v) is 4.49. The maximum atomic E-state index is 12.2. The fourth-order valence-corrected chi connectivity index (χ4v) is 2.13. The Morgan fingerprint density at radius 3 is 2.67 bits per heavy atom. The van der Waals surface area contributed by atoms with E-state index in [1.807, 2.05) is 17.0 Å². The highest BCUT2D eigenvalue weighted by atomic mass is 16.6. The number of nitriles is 1. The summed E-state index contributed by atoms with van der Waals surface area (Å²) in [5.41, 5.74) is 1.45. The van der Waals surface area contributed by atoms with Crippen molar-refractivity contribution < 1.29 is 9.53 Å². The SMILES string of the molecule is N#Cc1ccc(N2CCN(CC3CO3)C2=O)cc1. The Hall–Kier alpha value is -2.06. The Morgan fingerprint density at radius 2 is 2.06 bits per heavy atom. The molecule has 0 spiro atoms. The average Bonchev–Trinajstić information content (AvgIpc) is 3.15. The third kappa shape index (κ3) is 2.03. The summed E-state index contributed by atoms with van der Waals surface area (Å²) in [4.78, 5) is 15.7. The van der Waals surface area contributed by atoms with Crippen LogP contribution in [0.15, 0.2) is 24.3 Å². The van der Waals surface area contributed by atoms with Crippen LogP contribution in [0.5, 0.6) is 0 Å². The third-order valence-electron chi connectivity index (χ3n) is 3.23. The van der Waals surface area contributed by atoms with Gasteiger partial charge in [-0.15, -0.1) is 0 Å². The first kappa shape index (κ1) is 11.1. The number of carbonyl (C=O) groups is 1. The van der Waals surface area contributed by atoms with Gasteiger partial charge >= 0.3 is 6.03 Å². The number of rotatable bonds is 3. The predicted octanol–water partition coefficient (Wildman–Crippen LogP) is 1.20. The van der Waals surface area contributed by atoms with E-state index < -0.39 is 0 Å². The minimum Gasteiger partial charge on any atom is -0.371 e. The summed E-state index contributed by atoms with van der Waals surface area (Å²) in [6, 6.07) is 9.18. The molecule has 0 aromatic heterocycles. The Morgan fingerprint density at radius 1 is 1.33 bits per heavy atom. The smallest absolute Gasteiger partial charge is 0.324 e. The van der Waals surface area contributed by atoms with Gasteiger partial charge in [-0.05, 0) is 24.3 Å². The van der Waals surface area contributed by atoms with Gasteiger partial charge in [-0.1, -0.05) is 0 Å². The second kappa shape index (κ2) is 4.31. The van der Waals surface area contributed by atoms with Gasteiger partial charge in [-0.2, -0.15) is 5.26 Å². The number of hydrogen-bond acceptors (Lipinski definition) is 3. The molecule has 0 bridgehead atoms. The Bertz CT molecular complexity index is 502. The van der Waals surface area contributed by atoms with Gasteiger partial charge in [0, 0.05) is 18.8 Å². The first-order valence-electron chi connectivity index (χ1n) is 5.96. The average molecular weight is 243 g/mol. The van der Waals surface area contributed by atoms with E-state index in [-0.39, 0.29) is 12.1 Å². The fourth-order valence-electron chi connectivity index (χ4n) is 2.13. The molecule has 0 radical (unpaired) electrons. The molecule has 0 N–H and O–H groups in total. The lowest BCUT2D eigenvalue weighted by Crippen LogP contribution is -2.34. The van der Waals surface area contributed by atoms with Crippen molar-refractivity contribution in [3.8, 4) is 6.07 Å². The molecule has 1 aromatic rings. The number of ether oxygens (including phenoxy) is 1. The summed E-state index contributed by atoms with van der Waals surface area (Å²) in [6.45, 7) is 2.88. The quantitative estimate of drug-likeness (QED) is 0.749. The van der Waals surface area contributed by atoms with Crippen LogP contribution < -0.4 is 4.90 Å². The van der Waals surface area contributed by atoms with Gasteiger partial charge in [0.15, 0.2) is 0 Å². The van der Waals surface area contributed by atoms with Crippen molar-refractivity contribution in [3.05, 3.63) is 29.8 Å². The molecule has 0 saturated carbocycles. The molecule has 2 aliphatic heterocycles. The molecule has 2 amide bonds. The van der Waals surface area contributed by atoms with Gasteiger partial charge in [0.2, 0.25) is 0 Å². The van der Waals surface area contributed by atoms with E-state index in [4.69, 9.17) is 10.00 Å². The molecule has 1 aromatic carbocycles. The number of nitrogens with zero attached hydrogens (tertiary/aromatic N) is 3. The van der Waals surface area contributed by atoms with Crippen LogP contribution in [-0.4, -0.2) is 43.3 Å². The van der Waals surface area contributed by atoms with E-state index in [0.717, 1.165) is 18.8 Å². The molecule has 1 unspecified atom stereocenters. The number of urea groups is 1. The highest BCUT2D eigenvalue weighted by molar-refractivity contribution is 5.94. The second-order valence-electron chi connectivity index (χ2n) is 4.49. The van der Waals surface area contributed by atoms with E-state index in [1.54, 1.807) is 17.0 Å². The number of amides is 2. The number of carbonyl (C=O) groups excluding carboxylic acids is 1. The molecule has 2 fully saturated rings. The maximum Gasteiger partial charge on any atom is 0.324 e. The lowest BCUT2D eigenvalue weighted by atomic mass is 10.2. The summed E-state index contributed by atoms with van der Waals surface area (Å²) >= 11 is 0. The van der Waals surface area contributed by atoms with Crippen molar-refractivity contribution in [1.29, 1.82) is 5.26 Å². The molecule has 1 atom stereocenters. The van der Waals surface area contributed by atoms with Crippen LogP contribution in [0.2, 0.25) is 0 Å². The zero-order chi connectivity index (χ0) is 12.5. The van der Waals surface area contributed by atoms with E-state index in [0.29, 0.717) is 18.7 Å². The van der Waals surface area contributed by atoms with Gasteiger partial charge in [-0.25, -0.2) is 4.79 Å². The molecule has 2 heterocycles. The number of epoxide rings is 1. The lowest BCUT2D eigenvalue weighted by molar-refractivity contribution is 0.215. The van der Waals surface area contributed by atoms with Gasteiger partial charge in [0.1, 0.15) is 0 Å². The van der Waals surface area contributed by atoms with Crippen LogP contribution in [0.25, 0.3) is 0 Å². The van der Waals surface area contributed by atoms with Crippen LogP contribution in [0, 0.1) is 11.3 Å². The monoisotopic (exact) mass is 243 g/mol. The van der Waals surface area contributed by atoms with Gasteiger partial charge < -0.3 is 9.64 Å². The molecule has 92 valence electrons. The standard InChI is InChI=1S/C13H13N3O2/c14-7-10-1-3-11(4-2-10)16-6-5-15(13(16)17)8-12-9-18-12/h1-4,12H,5-6,8-9H2. The molecular formula is C13H13N3O2.